The SMILES string of the molecule is c1ccc2[nH]c(-c3cccc4[nH]ccc34)nc2c1. The van der Waals surface area contributed by atoms with Crippen LogP contribution in [0.4, 0.5) is 0 Å². The number of imidazole rings is 1. The van der Waals surface area contributed by atoms with Gasteiger partial charge in [-0.25, -0.2) is 4.98 Å². The van der Waals surface area contributed by atoms with Crippen molar-refractivity contribution in [2.75, 3.05) is 0 Å². The molecule has 0 aliphatic heterocycles. The van der Waals surface area contributed by atoms with Gasteiger partial charge < -0.3 is 9.97 Å². The van der Waals surface area contributed by atoms with Gasteiger partial charge in [-0.3, -0.25) is 0 Å². The topological polar surface area (TPSA) is 44.5 Å². The summed E-state index contributed by atoms with van der Waals surface area (Å²) in [5.41, 5.74) is 4.33. The second-order valence-electron chi connectivity index (χ2n) is 4.35. The molecule has 2 aromatic heterocycles. The normalized spacial score (nSPS) is 11.3. The number of benzene rings is 2. The minimum Gasteiger partial charge on any atom is -0.361 e. The van der Waals surface area contributed by atoms with Gasteiger partial charge in [0.05, 0.1) is 11.0 Å². The Morgan fingerprint density at radius 2 is 1.72 bits per heavy atom. The molecule has 0 saturated carbocycles. The first kappa shape index (κ1) is 9.48. The molecular formula is C15H11N3. The number of H-pyrrole nitrogens is 2. The molecular weight excluding hydrogens is 222 g/mol. The summed E-state index contributed by atoms with van der Waals surface area (Å²) in [6, 6.07) is 16.4. The van der Waals surface area contributed by atoms with Crippen LogP contribution < -0.4 is 0 Å². The van der Waals surface area contributed by atoms with Crippen LogP contribution >= 0.6 is 0 Å². The summed E-state index contributed by atoms with van der Waals surface area (Å²) >= 11 is 0. The Balaban J connectivity index is 2.04. The van der Waals surface area contributed by atoms with Crippen LogP contribution in [0.25, 0.3) is 33.3 Å². The maximum atomic E-state index is 4.64. The number of para-hydroxylation sites is 2. The number of rotatable bonds is 1. The highest BCUT2D eigenvalue weighted by atomic mass is 14.9. The van der Waals surface area contributed by atoms with E-state index in [9.17, 15) is 0 Å². The van der Waals surface area contributed by atoms with Crippen LogP contribution in [0.5, 0.6) is 0 Å². The molecule has 2 N–H and O–H groups in total. The Labute approximate surface area is 103 Å². The number of hydrogen-bond acceptors (Lipinski definition) is 1. The van der Waals surface area contributed by atoms with Gasteiger partial charge in [0, 0.05) is 22.7 Å². The van der Waals surface area contributed by atoms with Crippen molar-refractivity contribution in [3.63, 3.8) is 0 Å². The molecule has 0 aliphatic rings. The molecule has 86 valence electrons. The second kappa shape index (κ2) is 3.47. The summed E-state index contributed by atoms with van der Waals surface area (Å²) in [6.45, 7) is 0. The maximum Gasteiger partial charge on any atom is 0.139 e. The van der Waals surface area contributed by atoms with Crippen molar-refractivity contribution in [2.45, 2.75) is 0 Å². The minimum atomic E-state index is 0.918. The first-order chi connectivity index (χ1) is 8.92. The fourth-order valence-corrected chi connectivity index (χ4v) is 2.37. The van der Waals surface area contributed by atoms with Crippen LogP contribution in [0.1, 0.15) is 0 Å². The van der Waals surface area contributed by atoms with E-state index >= 15 is 0 Å². The van der Waals surface area contributed by atoms with E-state index in [0.29, 0.717) is 0 Å². The van der Waals surface area contributed by atoms with Gasteiger partial charge in [-0.2, -0.15) is 0 Å². The van der Waals surface area contributed by atoms with E-state index in [-0.39, 0.29) is 0 Å². The molecule has 0 unspecified atom stereocenters. The van der Waals surface area contributed by atoms with Crippen LogP contribution in [0.15, 0.2) is 54.7 Å². The van der Waals surface area contributed by atoms with E-state index in [1.807, 2.05) is 36.5 Å². The van der Waals surface area contributed by atoms with E-state index < -0.39 is 0 Å². The molecule has 0 amide bonds. The highest BCUT2D eigenvalue weighted by molar-refractivity contribution is 5.95. The highest BCUT2D eigenvalue weighted by Gasteiger charge is 2.08. The summed E-state index contributed by atoms with van der Waals surface area (Å²) in [5, 5.41) is 1.19. The Bertz CT molecular complexity index is 806. The molecule has 0 atom stereocenters. The summed E-state index contributed by atoms with van der Waals surface area (Å²) in [6.07, 6.45) is 1.96. The Morgan fingerprint density at radius 1 is 0.833 bits per heavy atom. The average molecular weight is 233 g/mol. The van der Waals surface area contributed by atoms with Crippen molar-refractivity contribution in [3.8, 4) is 11.4 Å². The molecule has 2 heterocycles. The van der Waals surface area contributed by atoms with Crippen molar-refractivity contribution >= 4 is 21.9 Å². The molecule has 0 aliphatic carbocycles. The zero-order chi connectivity index (χ0) is 11.9. The van der Waals surface area contributed by atoms with Crippen molar-refractivity contribution in [1.29, 1.82) is 0 Å². The van der Waals surface area contributed by atoms with Gasteiger partial charge in [-0.1, -0.05) is 24.3 Å². The van der Waals surface area contributed by atoms with Gasteiger partial charge >= 0.3 is 0 Å². The van der Waals surface area contributed by atoms with E-state index in [4.69, 9.17) is 0 Å². The molecule has 3 heteroatoms. The fourth-order valence-electron chi connectivity index (χ4n) is 2.37. The van der Waals surface area contributed by atoms with E-state index in [1.165, 1.54) is 5.39 Å². The van der Waals surface area contributed by atoms with Crippen LogP contribution in [0.2, 0.25) is 0 Å². The quantitative estimate of drug-likeness (QED) is 0.517. The lowest BCUT2D eigenvalue weighted by molar-refractivity contribution is 1.35. The number of nitrogens with one attached hydrogen (secondary N) is 2. The summed E-state index contributed by atoms with van der Waals surface area (Å²) in [5.74, 6) is 0.918. The third-order valence-corrected chi connectivity index (χ3v) is 3.24. The second-order valence-corrected chi connectivity index (χ2v) is 4.35. The fraction of sp³-hybridized carbons (Fsp3) is 0. The lowest BCUT2D eigenvalue weighted by Crippen LogP contribution is -1.81. The predicted molar refractivity (Wildman–Crippen MR) is 73.4 cm³/mol. The third-order valence-electron chi connectivity index (χ3n) is 3.24. The van der Waals surface area contributed by atoms with Gasteiger partial charge in [-0.05, 0) is 24.3 Å². The highest BCUT2D eigenvalue weighted by Crippen LogP contribution is 2.27. The van der Waals surface area contributed by atoms with E-state index in [0.717, 1.165) is 27.9 Å². The molecule has 0 saturated heterocycles. The minimum absolute atomic E-state index is 0.918. The Hall–Kier alpha value is -2.55. The summed E-state index contributed by atoms with van der Waals surface area (Å²) < 4.78 is 0. The molecule has 0 fully saturated rings. The van der Waals surface area contributed by atoms with E-state index in [1.54, 1.807) is 0 Å². The van der Waals surface area contributed by atoms with E-state index in [2.05, 4.69) is 33.2 Å². The molecule has 0 spiro atoms. The Kier molecular flexibility index (Phi) is 1.83. The molecule has 4 aromatic rings. The Morgan fingerprint density at radius 3 is 2.67 bits per heavy atom. The summed E-state index contributed by atoms with van der Waals surface area (Å²) in [4.78, 5) is 11.2. The van der Waals surface area contributed by atoms with Crippen molar-refractivity contribution in [1.82, 2.24) is 15.0 Å². The standard InChI is InChI=1S/C15H11N3/c1-2-6-14-13(5-1)17-15(18-14)11-4-3-7-12-10(11)8-9-16-12/h1-9,16H,(H,17,18). The molecule has 4 rings (SSSR count). The largest absolute Gasteiger partial charge is 0.361 e. The first-order valence-electron chi connectivity index (χ1n) is 5.93. The molecule has 0 radical (unpaired) electrons. The summed E-state index contributed by atoms with van der Waals surface area (Å²) in [7, 11) is 0. The maximum absolute atomic E-state index is 4.64. The van der Waals surface area contributed by atoms with Crippen LogP contribution in [-0.2, 0) is 0 Å². The number of aromatic nitrogens is 3. The van der Waals surface area contributed by atoms with Crippen LogP contribution in [0, 0.1) is 0 Å². The number of nitrogens with zero attached hydrogens (tertiary/aromatic N) is 1. The first-order valence-corrected chi connectivity index (χ1v) is 5.93. The predicted octanol–water partition coefficient (Wildman–Crippen LogP) is 3.71. The molecule has 0 bridgehead atoms. The smallest absolute Gasteiger partial charge is 0.139 e. The molecule has 18 heavy (non-hydrogen) atoms. The van der Waals surface area contributed by atoms with Gasteiger partial charge in [0.1, 0.15) is 5.82 Å². The van der Waals surface area contributed by atoms with Gasteiger partial charge in [0.25, 0.3) is 0 Å². The number of fused-ring (bicyclic) bond motifs is 2. The van der Waals surface area contributed by atoms with Crippen LogP contribution in [-0.4, -0.2) is 15.0 Å². The van der Waals surface area contributed by atoms with Gasteiger partial charge in [0.2, 0.25) is 0 Å². The zero-order valence-corrected chi connectivity index (χ0v) is 9.64. The molecule has 3 nitrogen and oxygen atoms in total. The lowest BCUT2D eigenvalue weighted by Gasteiger charge is -1.98. The number of hydrogen-bond donors (Lipinski definition) is 2. The van der Waals surface area contributed by atoms with Crippen LogP contribution in [0.3, 0.4) is 0 Å². The average Bonchev–Trinajstić information content (AvgIpc) is 3.04. The monoisotopic (exact) mass is 233 g/mol. The lowest BCUT2D eigenvalue weighted by atomic mass is 10.1. The van der Waals surface area contributed by atoms with Gasteiger partial charge in [-0.15, -0.1) is 0 Å². The van der Waals surface area contributed by atoms with Crippen molar-refractivity contribution in [2.24, 2.45) is 0 Å². The number of aromatic amines is 2. The zero-order valence-electron chi connectivity index (χ0n) is 9.64. The van der Waals surface area contributed by atoms with Gasteiger partial charge in [0.15, 0.2) is 0 Å². The molecule has 2 aromatic carbocycles. The third kappa shape index (κ3) is 1.27. The van der Waals surface area contributed by atoms with Crippen molar-refractivity contribution < 1.29 is 0 Å². The van der Waals surface area contributed by atoms with Crippen molar-refractivity contribution in [3.05, 3.63) is 54.7 Å².